The van der Waals surface area contributed by atoms with Gasteiger partial charge in [-0.15, -0.1) is 0 Å². The van der Waals surface area contributed by atoms with E-state index < -0.39 is 10.0 Å². The minimum atomic E-state index is -3.36. The van der Waals surface area contributed by atoms with Crippen LogP contribution in [0, 0.1) is 6.92 Å². The molecule has 0 aliphatic carbocycles. The summed E-state index contributed by atoms with van der Waals surface area (Å²) in [5.41, 5.74) is 2.86. The Hall–Kier alpha value is -2.40. The molecule has 2 aromatic rings. The minimum Gasteiger partial charge on any atom is -0.289 e. The molecular weight excluding hydrogens is 298 g/mol. The number of ketones is 1. The van der Waals surface area contributed by atoms with Crippen LogP contribution in [0.15, 0.2) is 54.6 Å². The lowest BCUT2D eigenvalue weighted by Crippen LogP contribution is -2.10. The van der Waals surface area contributed by atoms with Crippen molar-refractivity contribution in [2.45, 2.75) is 6.92 Å². The predicted octanol–water partition coefficient (Wildman–Crippen LogP) is 3.26. The average Bonchev–Trinajstić information content (AvgIpc) is 2.43. The fourth-order valence-corrected chi connectivity index (χ4v) is 2.55. The zero-order valence-corrected chi connectivity index (χ0v) is 13.2. The summed E-state index contributed by atoms with van der Waals surface area (Å²) in [5, 5.41) is 0. The number of allylic oxidation sites excluding steroid dienone is 1. The van der Waals surface area contributed by atoms with Crippen LogP contribution < -0.4 is 4.72 Å². The zero-order chi connectivity index (χ0) is 16.2. The van der Waals surface area contributed by atoms with E-state index in [0.29, 0.717) is 11.3 Å². The predicted molar refractivity (Wildman–Crippen MR) is 89.5 cm³/mol. The number of benzene rings is 2. The molecule has 114 valence electrons. The van der Waals surface area contributed by atoms with E-state index in [9.17, 15) is 13.2 Å². The van der Waals surface area contributed by atoms with E-state index in [2.05, 4.69) is 4.72 Å². The Labute approximate surface area is 130 Å². The monoisotopic (exact) mass is 315 g/mol. The van der Waals surface area contributed by atoms with E-state index >= 15 is 0 Å². The van der Waals surface area contributed by atoms with Crippen LogP contribution in [-0.2, 0) is 10.0 Å². The number of hydrogen-bond donors (Lipinski definition) is 1. The summed E-state index contributed by atoms with van der Waals surface area (Å²) >= 11 is 0. The Bertz CT molecular complexity index is 823. The van der Waals surface area contributed by atoms with E-state index in [1.807, 2.05) is 31.2 Å². The van der Waals surface area contributed by atoms with Crippen molar-refractivity contribution in [2.75, 3.05) is 11.0 Å². The van der Waals surface area contributed by atoms with Crippen molar-refractivity contribution in [2.24, 2.45) is 0 Å². The van der Waals surface area contributed by atoms with Gasteiger partial charge in [0, 0.05) is 11.3 Å². The summed E-state index contributed by atoms with van der Waals surface area (Å²) in [6.45, 7) is 1.99. The lowest BCUT2D eigenvalue weighted by Gasteiger charge is -2.04. The molecule has 0 bridgehead atoms. The first-order valence-corrected chi connectivity index (χ1v) is 8.59. The first-order valence-electron chi connectivity index (χ1n) is 6.70. The Morgan fingerprint density at radius 1 is 1.09 bits per heavy atom. The van der Waals surface area contributed by atoms with Gasteiger partial charge in [0.15, 0.2) is 5.78 Å². The van der Waals surface area contributed by atoms with Gasteiger partial charge in [-0.2, -0.15) is 0 Å². The van der Waals surface area contributed by atoms with Crippen molar-refractivity contribution in [3.8, 4) is 0 Å². The second-order valence-electron chi connectivity index (χ2n) is 5.07. The van der Waals surface area contributed by atoms with Crippen LogP contribution in [0.5, 0.6) is 0 Å². The minimum absolute atomic E-state index is 0.182. The Morgan fingerprint density at radius 3 is 2.50 bits per heavy atom. The molecule has 22 heavy (non-hydrogen) atoms. The average molecular weight is 315 g/mol. The number of anilines is 1. The molecule has 0 atom stereocenters. The molecule has 5 heteroatoms. The zero-order valence-electron chi connectivity index (χ0n) is 12.4. The highest BCUT2D eigenvalue weighted by Gasteiger charge is 2.06. The summed E-state index contributed by atoms with van der Waals surface area (Å²) in [6.07, 6.45) is 4.29. The molecular formula is C17H17NO3S. The molecule has 1 N–H and O–H groups in total. The summed E-state index contributed by atoms with van der Waals surface area (Å²) in [5.74, 6) is -0.182. The van der Waals surface area contributed by atoms with Crippen molar-refractivity contribution < 1.29 is 13.2 Å². The van der Waals surface area contributed by atoms with Gasteiger partial charge in [-0.1, -0.05) is 48.0 Å². The first-order chi connectivity index (χ1) is 10.3. The number of hydrogen-bond acceptors (Lipinski definition) is 3. The van der Waals surface area contributed by atoms with E-state index in [0.717, 1.165) is 17.4 Å². The molecule has 0 saturated carbocycles. The van der Waals surface area contributed by atoms with Crippen molar-refractivity contribution in [3.63, 3.8) is 0 Å². The summed E-state index contributed by atoms with van der Waals surface area (Å²) in [4.78, 5) is 12.2. The third-order valence-corrected chi connectivity index (χ3v) is 3.53. The van der Waals surface area contributed by atoms with E-state index in [1.165, 1.54) is 12.1 Å². The lowest BCUT2D eigenvalue weighted by atomic mass is 10.1. The van der Waals surface area contributed by atoms with Crippen LogP contribution in [0.4, 0.5) is 5.69 Å². The molecule has 0 unspecified atom stereocenters. The molecule has 0 spiro atoms. The fraction of sp³-hybridized carbons (Fsp3) is 0.118. The van der Waals surface area contributed by atoms with E-state index in [4.69, 9.17) is 0 Å². The molecule has 0 radical (unpaired) electrons. The molecule has 4 nitrogen and oxygen atoms in total. The number of rotatable bonds is 5. The van der Waals surface area contributed by atoms with Crippen LogP contribution in [0.25, 0.3) is 6.08 Å². The topological polar surface area (TPSA) is 63.2 Å². The standard InChI is InChI=1S/C17H17NO3S/c1-13-5-3-6-14(11-13)9-10-17(19)15-7-4-8-16(12-15)18-22(2,20)21/h3-12,18H,1-2H3. The maximum Gasteiger partial charge on any atom is 0.229 e. The van der Waals surface area contributed by atoms with Crippen molar-refractivity contribution in [1.82, 2.24) is 0 Å². The van der Waals surface area contributed by atoms with Crippen LogP contribution in [0.1, 0.15) is 21.5 Å². The number of carbonyl (C=O) groups is 1. The highest BCUT2D eigenvalue weighted by Crippen LogP contribution is 2.14. The van der Waals surface area contributed by atoms with Gasteiger partial charge in [0.1, 0.15) is 0 Å². The molecule has 0 heterocycles. The second-order valence-corrected chi connectivity index (χ2v) is 6.82. The van der Waals surface area contributed by atoms with Gasteiger partial charge in [0.25, 0.3) is 0 Å². The third-order valence-electron chi connectivity index (χ3n) is 2.92. The Kier molecular flexibility index (Phi) is 4.78. The van der Waals surface area contributed by atoms with E-state index in [-0.39, 0.29) is 5.78 Å². The Balaban J connectivity index is 2.18. The maximum absolute atomic E-state index is 12.2. The summed E-state index contributed by atoms with van der Waals surface area (Å²) < 4.78 is 24.8. The molecule has 0 fully saturated rings. The maximum atomic E-state index is 12.2. The molecule has 0 aliphatic heterocycles. The van der Waals surface area contributed by atoms with Gasteiger partial charge in [-0.25, -0.2) is 8.42 Å². The SMILES string of the molecule is Cc1cccc(C=CC(=O)c2cccc(NS(C)(=O)=O)c2)c1. The number of aryl methyl sites for hydroxylation is 1. The molecule has 0 amide bonds. The van der Waals surface area contributed by atoms with Gasteiger partial charge in [0.2, 0.25) is 10.0 Å². The van der Waals surface area contributed by atoms with Gasteiger partial charge in [-0.3, -0.25) is 9.52 Å². The quantitative estimate of drug-likeness (QED) is 0.680. The molecule has 0 aliphatic rings. The molecule has 2 rings (SSSR count). The highest BCUT2D eigenvalue weighted by molar-refractivity contribution is 7.92. The number of sulfonamides is 1. The summed E-state index contributed by atoms with van der Waals surface area (Å²) in [6, 6.07) is 14.2. The van der Waals surface area contributed by atoms with E-state index in [1.54, 1.807) is 24.3 Å². The second kappa shape index (κ2) is 6.58. The van der Waals surface area contributed by atoms with Crippen LogP contribution in [-0.4, -0.2) is 20.5 Å². The number of nitrogens with one attached hydrogen (secondary N) is 1. The largest absolute Gasteiger partial charge is 0.289 e. The smallest absolute Gasteiger partial charge is 0.229 e. The first kappa shape index (κ1) is 16.0. The highest BCUT2D eigenvalue weighted by atomic mass is 32.2. The van der Waals surface area contributed by atoms with Gasteiger partial charge in [0.05, 0.1) is 6.26 Å². The normalized spacial score (nSPS) is 11.5. The van der Waals surface area contributed by atoms with Gasteiger partial charge < -0.3 is 0 Å². The van der Waals surface area contributed by atoms with Crippen LogP contribution in [0.2, 0.25) is 0 Å². The molecule has 0 saturated heterocycles. The summed E-state index contributed by atoms with van der Waals surface area (Å²) in [7, 11) is -3.36. The van der Waals surface area contributed by atoms with Gasteiger partial charge >= 0.3 is 0 Å². The van der Waals surface area contributed by atoms with Crippen LogP contribution >= 0.6 is 0 Å². The Morgan fingerprint density at radius 2 is 1.82 bits per heavy atom. The molecule has 2 aromatic carbocycles. The fourth-order valence-electron chi connectivity index (χ4n) is 1.99. The third kappa shape index (κ3) is 4.86. The number of carbonyl (C=O) groups excluding carboxylic acids is 1. The van der Waals surface area contributed by atoms with Crippen molar-refractivity contribution >= 4 is 27.6 Å². The van der Waals surface area contributed by atoms with Crippen LogP contribution in [0.3, 0.4) is 0 Å². The lowest BCUT2D eigenvalue weighted by molar-refractivity contribution is 0.104. The van der Waals surface area contributed by atoms with Crippen molar-refractivity contribution in [3.05, 3.63) is 71.3 Å². The van der Waals surface area contributed by atoms with Crippen molar-refractivity contribution in [1.29, 1.82) is 0 Å². The van der Waals surface area contributed by atoms with Gasteiger partial charge in [-0.05, 0) is 30.7 Å². The molecule has 0 aromatic heterocycles.